The zero-order valence-electron chi connectivity index (χ0n) is 6.52. The summed E-state index contributed by atoms with van der Waals surface area (Å²) in [6.07, 6.45) is -6.46. The van der Waals surface area contributed by atoms with Crippen molar-refractivity contribution in [3.63, 3.8) is 0 Å². The van der Waals surface area contributed by atoms with E-state index in [1.807, 2.05) is 0 Å². The molecule has 0 fully saturated rings. The van der Waals surface area contributed by atoms with Crippen molar-refractivity contribution in [3.05, 3.63) is 28.0 Å². The molecule has 1 unspecified atom stereocenters. The minimum atomic E-state index is -4.77. The summed E-state index contributed by atoms with van der Waals surface area (Å²) in [7, 11) is 0. The summed E-state index contributed by atoms with van der Waals surface area (Å²) < 4.78 is 36.2. The predicted molar refractivity (Wildman–Crippen MR) is 45.3 cm³/mol. The van der Waals surface area contributed by atoms with Gasteiger partial charge >= 0.3 is 6.18 Å². The van der Waals surface area contributed by atoms with E-state index in [1.165, 1.54) is 0 Å². The molecule has 0 aliphatic heterocycles. The largest absolute Gasteiger partial charge is 0.418 e. The Morgan fingerprint density at radius 1 is 1.36 bits per heavy atom. The van der Waals surface area contributed by atoms with Crippen LogP contribution < -0.4 is 0 Å². The molecule has 1 rings (SSSR count). The molecule has 1 heterocycles. The summed E-state index contributed by atoms with van der Waals surface area (Å²) in [5.74, 6) is 0. The molecule has 0 aliphatic rings. The van der Waals surface area contributed by atoms with Crippen molar-refractivity contribution in [1.82, 2.24) is 4.98 Å². The highest BCUT2D eigenvalue weighted by atomic mass is 35.5. The lowest BCUT2D eigenvalue weighted by Gasteiger charge is -2.15. The number of rotatable bonds is 1. The van der Waals surface area contributed by atoms with Crippen LogP contribution in [0.4, 0.5) is 13.2 Å². The van der Waals surface area contributed by atoms with E-state index in [2.05, 4.69) is 4.98 Å². The van der Waals surface area contributed by atoms with Gasteiger partial charge in [-0.25, -0.2) is 4.98 Å². The lowest BCUT2D eigenvalue weighted by atomic mass is 10.1. The van der Waals surface area contributed by atoms with Crippen molar-refractivity contribution in [2.75, 3.05) is 0 Å². The molecule has 1 N–H and O–H groups in total. The molecule has 0 saturated heterocycles. The minimum Gasteiger partial charge on any atom is -0.379 e. The fourth-order valence-corrected chi connectivity index (χ4v) is 1.19. The third-order valence-electron chi connectivity index (χ3n) is 1.46. The van der Waals surface area contributed by atoms with Crippen molar-refractivity contribution >= 4 is 23.2 Å². The van der Waals surface area contributed by atoms with E-state index in [9.17, 15) is 13.2 Å². The van der Waals surface area contributed by atoms with E-state index in [0.29, 0.717) is 0 Å². The Bertz CT molecular complexity index is 342. The van der Waals surface area contributed by atoms with Gasteiger partial charge in [0.15, 0.2) is 6.10 Å². The maximum absolute atomic E-state index is 12.1. The second-order valence-corrected chi connectivity index (χ2v) is 3.27. The fourth-order valence-electron chi connectivity index (χ4n) is 0.813. The Balaban J connectivity index is 3.12. The molecule has 14 heavy (non-hydrogen) atoms. The Labute approximate surface area is 87.3 Å². The van der Waals surface area contributed by atoms with Gasteiger partial charge in [-0.1, -0.05) is 23.2 Å². The molecule has 0 amide bonds. The van der Waals surface area contributed by atoms with Gasteiger partial charge in [-0.3, -0.25) is 0 Å². The zero-order chi connectivity index (χ0) is 10.9. The number of aliphatic hydroxyl groups excluding tert-OH is 1. The number of alkyl halides is 3. The number of hydrogen-bond acceptors (Lipinski definition) is 2. The summed E-state index contributed by atoms with van der Waals surface area (Å²) in [5, 5.41) is 8.43. The van der Waals surface area contributed by atoms with Crippen molar-refractivity contribution in [2.24, 2.45) is 0 Å². The van der Waals surface area contributed by atoms with Crippen LogP contribution in [0, 0.1) is 0 Å². The van der Waals surface area contributed by atoms with Gasteiger partial charge in [0.25, 0.3) is 0 Å². The van der Waals surface area contributed by atoms with E-state index >= 15 is 0 Å². The maximum Gasteiger partial charge on any atom is 0.418 e. The van der Waals surface area contributed by atoms with Crippen LogP contribution in [0.2, 0.25) is 10.2 Å². The molecule has 1 aromatic rings. The van der Waals surface area contributed by atoms with Crippen molar-refractivity contribution in [1.29, 1.82) is 0 Å². The number of pyridine rings is 1. The monoisotopic (exact) mass is 245 g/mol. The Hall–Kier alpha value is -0.520. The standard InChI is InChI=1S/C7H4Cl2F3NO/c8-4-2-13-5(9)1-3(4)6(14)7(10,11)12/h1-2,6,14H. The van der Waals surface area contributed by atoms with Gasteiger partial charge in [0.1, 0.15) is 5.15 Å². The van der Waals surface area contributed by atoms with Crippen LogP contribution >= 0.6 is 23.2 Å². The van der Waals surface area contributed by atoms with Gasteiger partial charge in [-0.05, 0) is 6.07 Å². The van der Waals surface area contributed by atoms with Gasteiger partial charge in [0, 0.05) is 11.8 Å². The molecule has 0 aromatic carbocycles. The third kappa shape index (κ3) is 2.50. The summed E-state index contributed by atoms with van der Waals surface area (Å²) in [4.78, 5) is 3.46. The summed E-state index contributed by atoms with van der Waals surface area (Å²) in [6, 6.07) is 0.877. The lowest BCUT2D eigenvalue weighted by molar-refractivity contribution is -0.206. The topological polar surface area (TPSA) is 33.1 Å². The number of aliphatic hydroxyl groups is 1. The predicted octanol–water partition coefficient (Wildman–Crippen LogP) is 2.98. The molecule has 1 aromatic heterocycles. The molecule has 0 bridgehead atoms. The summed E-state index contributed by atoms with van der Waals surface area (Å²) in [5.41, 5.74) is -0.501. The average Bonchev–Trinajstić information content (AvgIpc) is 2.06. The van der Waals surface area contributed by atoms with E-state index in [1.54, 1.807) is 0 Å². The van der Waals surface area contributed by atoms with Gasteiger partial charge in [-0.2, -0.15) is 13.2 Å². The van der Waals surface area contributed by atoms with Crippen molar-refractivity contribution in [3.8, 4) is 0 Å². The molecule has 0 radical (unpaired) electrons. The minimum absolute atomic E-state index is 0.160. The van der Waals surface area contributed by atoms with Gasteiger partial charge in [-0.15, -0.1) is 0 Å². The second-order valence-electron chi connectivity index (χ2n) is 2.47. The van der Waals surface area contributed by atoms with E-state index in [4.69, 9.17) is 28.3 Å². The molecule has 78 valence electrons. The second kappa shape index (κ2) is 3.92. The van der Waals surface area contributed by atoms with Crippen LogP contribution in [-0.4, -0.2) is 16.3 Å². The first-order valence-corrected chi connectivity index (χ1v) is 4.13. The SMILES string of the molecule is OC(c1cc(Cl)ncc1Cl)C(F)(F)F. The van der Waals surface area contributed by atoms with E-state index in [-0.39, 0.29) is 10.2 Å². The first-order chi connectivity index (χ1) is 6.32. The van der Waals surface area contributed by atoms with Gasteiger partial charge in [0.2, 0.25) is 0 Å². The molecule has 0 spiro atoms. The Morgan fingerprint density at radius 3 is 2.43 bits per heavy atom. The maximum atomic E-state index is 12.1. The van der Waals surface area contributed by atoms with Crippen molar-refractivity contribution < 1.29 is 18.3 Å². The van der Waals surface area contributed by atoms with E-state index < -0.39 is 17.8 Å². The van der Waals surface area contributed by atoms with E-state index in [0.717, 1.165) is 12.3 Å². The summed E-state index contributed by atoms with van der Waals surface area (Å²) in [6.45, 7) is 0. The summed E-state index contributed by atoms with van der Waals surface area (Å²) >= 11 is 10.8. The number of halogens is 5. The van der Waals surface area contributed by atoms with Gasteiger partial charge < -0.3 is 5.11 Å². The van der Waals surface area contributed by atoms with Crippen LogP contribution in [-0.2, 0) is 0 Å². The average molecular weight is 246 g/mol. The molecule has 0 saturated carbocycles. The Morgan fingerprint density at radius 2 is 1.93 bits per heavy atom. The van der Waals surface area contributed by atoms with Crippen LogP contribution in [0.5, 0.6) is 0 Å². The van der Waals surface area contributed by atoms with Crippen LogP contribution in [0.25, 0.3) is 0 Å². The van der Waals surface area contributed by atoms with Crippen molar-refractivity contribution in [2.45, 2.75) is 12.3 Å². The highest BCUT2D eigenvalue weighted by molar-refractivity contribution is 6.32. The quantitative estimate of drug-likeness (QED) is 0.772. The molecule has 7 heteroatoms. The first kappa shape index (κ1) is 11.6. The zero-order valence-corrected chi connectivity index (χ0v) is 8.03. The smallest absolute Gasteiger partial charge is 0.379 e. The lowest BCUT2D eigenvalue weighted by Crippen LogP contribution is -2.20. The van der Waals surface area contributed by atoms with Crippen LogP contribution in [0.1, 0.15) is 11.7 Å². The molecule has 1 atom stereocenters. The molecular formula is C7H4Cl2F3NO. The first-order valence-electron chi connectivity index (χ1n) is 3.38. The molecular weight excluding hydrogens is 242 g/mol. The van der Waals surface area contributed by atoms with Crippen LogP contribution in [0.3, 0.4) is 0 Å². The highest BCUT2D eigenvalue weighted by Gasteiger charge is 2.40. The number of nitrogens with zero attached hydrogens (tertiary/aromatic N) is 1. The highest BCUT2D eigenvalue weighted by Crippen LogP contribution is 2.36. The number of aromatic nitrogens is 1. The van der Waals surface area contributed by atoms with Gasteiger partial charge in [0.05, 0.1) is 5.02 Å². The third-order valence-corrected chi connectivity index (χ3v) is 1.98. The molecule has 0 aliphatic carbocycles. The molecule has 2 nitrogen and oxygen atoms in total. The Kier molecular flexibility index (Phi) is 3.24. The normalized spacial score (nSPS) is 14.1. The van der Waals surface area contributed by atoms with Crippen LogP contribution in [0.15, 0.2) is 12.3 Å². The fraction of sp³-hybridized carbons (Fsp3) is 0.286. The number of hydrogen-bond donors (Lipinski definition) is 1.